The van der Waals surface area contributed by atoms with Crippen LogP contribution in [0.3, 0.4) is 0 Å². The molecule has 0 aliphatic carbocycles. The van der Waals surface area contributed by atoms with Crippen molar-refractivity contribution in [2.24, 2.45) is 5.92 Å². The first kappa shape index (κ1) is 14.0. The van der Waals surface area contributed by atoms with Gasteiger partial charge >= 0.3 is 0 Å². The Bertz CT molecular complexity index is 661. The third-order valence-corrected chi connectivity index (χ3v) is 4.23. The van der Waals surface area contributed by atoms with Crippen molar-refractivity contribution in [2.75, 3.05) is 19.7 Å². The highest BCUT2D eigenvalue weighted by Crippen LogP contribution is 2.23. The second-order valence-electron chi connectivity index (χ2n) is 5.75. The molecule has 0 atom stereocenters. The molecular formula is C17H20N2O2. The van der Waals surface area contributed by atoms with E-state index in [0.717, 1.165) is 48.1 Å². The second-order valence-corrected chi connectivity index (χ2v) is 5.75. The number of amides is 1. The molecule has 1 aromatic heterocycles. The zero-order valence-electron chi connectivity index (χ0n) is 12.2. The first-order valence-corrected chi connectivity index (χ1v) is 7.45. The molecule has 2 aromatic rings. The molecule has 3 rings (SSSR count). The van der Waals surface area contributed by atoms with Crippen LogP contribution in [0.1, 0.15) is 28.9 Å². The number of piperidine rings is 1. The van der Waals surface area contributed by atoms with E-state index in [1.54, 1.807) is 0 Å². The van der Waals surface area contributed by atoms with E-state index in [9.17, 15) is 9.90 Å². The number of aromatic nitrogens is 1. The summed E-state index contributed by atoms with van der Waals surface area (Å²) < 4.78 is 0. The minimum Gasteiger partial charge on any atom is -0.396 e. The van der Waals surface area contributed by atoms with Crippen LogP contribution in [-0.4, -0.2) is 40.6 Å². The lowest BCUT2D eigenvalue weighted by Gasteiger charge is -2.31. The molecule has 1 N–H and O–H groups in total. The van der Waals surface area contributed by atoms with Crippen LogP contribution in [0.25, 0.3) is 10.9 Å². The third kappa shape index (κ3) is 2.76. The summed E-state index contributed by atoms with van der Waals surface area (Å²) in [7, 11) is 0. The van der Waals surface area contributed by atoms with Crippen molar-refractivity contribution in [3.63, 3.8) is 0 Å². The Labute approximate surface area is 124 Å². The van der Waals surface area contributed by atoms with Crippen molar-refractivity contribution >= 4 is 16.8 Å². The van der Waals surface area contributed by atoms with E-state index in [1.807, 2.05) is 42.2 Å². The number of benzene rings is 1. The Kier molecular flexibility index (Phi) is 3.88. The fourth-order valence-electron chi connectivity index (χ4n) is 2.97. The highest BCUT2D eigenvalue weighted by atomic mass is 16.3. The van der Waals surface area contributed by atoms with Crippen LogP contribution in [0, 0.1) is 12.8 Å². The Morgan fingerprint density at radius 2 is 2.05 bits per heavy atom. The van der Waals surface area contributed by atoms with E-state index in [0.29, 0.717) is 5.92 Å². The Hall–Kier alpha value is -1.94. The van der Waals surface area contributed by atoms with E-state index >= 15 is 0 Å². The Morgan fingerprint density at radius 3 is 2.76 bits per heavy atom. The van der Waals surface area contributed by atoms with E-state index in [-0.39, 0.29) is 12.5 Å². The molecule has 1 amide bonds. The predicted molar refractivity (Wildman–Crippen MR) is 82.2 cm³/mol. The molecule has 21 heavy (non-hydrogen) atoms. The summed E-state index contributed by atoms with van der Waals surface area (Å²) >= 11 is 0. The average molecular weight is 284 g/mol. The van der Waals surface area contributed by atoms with Crippen molar-refractivity contribution in [1.82, 2.24) is 9.88 Å². The lowest BCUT2D eigenvalue weighted by molar-refractivity contribution is 0.0652. The van der Waals surface area contributed by atoms with Gasteiger partial charge in [0, 0.05) is 30.8 Å². The summed E-state index contributed by atoms with van der Waals surface area (Å²) in [5.74, 6) is 0.415. The zero-order valence-corrected chi connectivity index (χ0v) is 12.2. The van der Waals surface area contributed by atoms with Crippen LogP contribution in [0.15, 0.2) is 30.3 Å². The number of hydrogen-bond acceptors (Lipinski definition) is 3. The van der Waals surface area contributed by atoms with E-state index in [4.69, 9.17) is 0 Å². The number of rotatable bonds is 2. The standard InChI is InChI=1S/C17H20N2O2/c1-12-10-15(14-4-2-3-5-16(14)18-12)17(21)19-8-6-13(11-20)7-9-19/h2-5,10,13,20H,6-9,11H2,1H3. The molecule has 0 bridgehead atoms. The van der Waals surface area contributed by atoms with Crippen LogP contribution in [0.4, 0.5) is 0 Å². The largest absolute Gasteiger partial charge is 0.396 e. The van der Waals surface area contributed by atoms with Gasteiger partial charge in [-0.2, -0.15) is 0 Å². The summed E-state index contributed by atoms with van der Waals surface area (Å²) in [5, 5.41) is 10.1. The van der Waals surface area contributed by atoms with Gasteiger partial charge in [-0.1, -0.05) is 18.2 Å². The molecule has 1 aliphatic heterocycles. The van der Waals surface area contributed by atoms with Gasteiger partial charge in [0.1, 0.15) is 0 Å². The number of fused-ring (bicyclic) bond motifs is 1. The lowest BCUT2D eigenvalue weighted by atomic mass is 9.97. The number of likely N-dealkylation sites (tertiary alicyclic amines) is 1. The summed E-state index contributed by atoms with van der Waals surface area (Å²) in [6, 6.07) is 9.65. The van der Waals surface area contributed by atoms with Gasteiger partial charge in [0.15, 0.2) is 0 Å². The molecule has 4 nitrogen and oxygen atoms in total. The van der Waals surface area contributed by atoms with Gasteiger partial charge < -0.3 is 10.0 Å². The maximum absolute atomic E-state index is 12.8. The van der Waals surface area contributed by atoms with E-state index < -0.39 is 0 Å². The average Bonchev–Trinajstić information content (AvgIpc) is 2.53. The first-order valence-electron chi connectivity index (χ1n) is 7.45. The predicted octanol–water partition coefficient (Wildman–Crippen LogP) is 2.39. The zero-order chi connectivity index (χ0) is 14.8. The second kappa shape index (κ2) is 5.82. The Balaban J connectivity index is 1.91. The minimum absolute atomic E-state index is 0.0769. The van der Waals surface area contributed by atoms with E-state index in [1.165, 1.54) is 0 Å². The molecule has 110 valence electrons. The smallest absolute Gasteiger partial charge is 0.254 e. The lowest BCUT2D eigenvalue weighted by Crippen LogP contribution is -2.39. The maximum atomic E-state index is 12.8. The monoisotopic (exact) mass is 284 g/mol. The van der Waals surface area contributed by atoms with Gasteiger partial charge in [0.25, 0.3) is 5.91 Å². The molecule has 1 fully saturated rings. The van der Waals surface area contributed by atoms with Crippen LogP contribution in [0.5, 0.6) is 0 Å². The van der Waals surface area contributed by atoms with Gasteiger partial charge in [-0.25, -0.2) is 0 Å². The molecule has 0 unspecified atom stereocenters. The highest BCUT2D eigenvalue weighted by molar-refractivity contribution is 6.06. The number of pyridine rings is 1. The van der Waals surface area contributed by atoms with Crippen molar-refractivity contribution in [2.45, 2.75) is 19.8 Å². The minimum atomic E-state index is 0.0769. The number of nitrogens with zero attached hydrogens (tertiary/aromatic N) is 2. The number of aliphatic hydroxyl groups is 1. The Morgan fingerprint density at radius 1 is 1.33 bits per heavy atom. The van der Waals surface area contributed by atoms with Crippen LogP contribution >= 0.6 is 0 Å². The van der Waals surface area contributed by atoms with Crippen molar-refractivity contribution < 1.29 is 9.90 Å². The molecule has 1 saturated heterocycles. The number of carbonyl (C=O) groups is 1. The quantitative estimate of drug-likeness (QED) is 0.921. The van der Waals surface area contributed by atoms with Gasteiger partial charge in [-0.15, -0.1) is 0 Å². The molecule has 0 spiro atoms. The number of carbonyl (C=O) groups excluding carboxylic acids is 1. The highest BCUT2D eigenvalue weighted by Gasteiger charge is 2.24. The molecular weight excluding hydrogens is 264 g/mol. The molecule has 0 saturated carbocycles. The van der Waals surface area contributed by atoms with Gasteiger partial charge in [0.2, 0.25) is 0 Å². The number of para-hydroxylation sites is 1. The summed E-state index contributed by atoms with van der Waals surface area (Å²) in [5.41, 5.74) is 2.47. The number of aryl methyl sites for hydroxylation is 1. The van der Waals surface area contributed by atoms with Gasteiger partial charge in [-0.3, -0.25) is 9.78 Å². The van der Waals surface area contributed by atoms with Crippen LogP contribution in [0.2, 0.25) is 0 Å². The SMILES string of the molecule is Cc1cc(C(=O)N2CCC(CO)CC2)c2ccccc2n1. The van der Waals surface area contributed by atoms with E-state index in [2.05, 4.69) is 4.98 Å². The van der Waals surface area contributed by atoms with Gasteiger partial charge in [-0.05, 0) is 37.8 Å². The maximum Gasteiger partial charge on any atom is 0.254 e. The summed E-state index contributed by atoms with van der Waals surface area (Å²) in [6.07, 6.45) is 1.76. The fourth-order valence-corrected chi connectivity index (χ4v) is 2.97. The van der Waals surface area contributed by atoms with Crippen molar-refractivity contribution in [3.8, 4) is 0 Å². The molecule has 2 heterocycles. The molecule has 1 aromatic carbocycles. The fraction of sp³-hybridized carbons (Fsp3) is 0.412. The first-order chi connectivity index (χ1) is 10.2. The van der Waals surface area contributed by atoms with Crippen molar-refractivity contribution in [3.05, 3.63) is 41.6 Å². The molecule has 1 aliphatic rings. The van der Waals surface area contributed by atoms with Crippen LogP contribution in [-0.2, 0) is 0 Å². The van der Waals surface area contributed by atoms with Crippen molar-refractivity contribution in [1.29, 1.82) is 0 Å². The number of hydrogen-bond donors (Lipinski definition) is 1. The summed E-state index contributed by atoms with van der Waals surface area (Å²) in [4.78, 5) is 19.2. The normalized spacial score (nSPS) is 16.4. The third-order valence-electron chi connectivity index (χ3n) is 4.23. The van der Waals surface area contributed by atoms with Gasteiger partial charge in [0.05, 0.1) is 11.1 Å². The summed E-state index contributed by atoms with van der Waals surface area (Å²) in [6.45, 7) is 3.58. The number of aliphatic hydroxyl groups excluding tert-OH is 1. The topological polar surface area (TPSA) is 53.4 Å². The molecule has 4 heteroatoms. The molecule has 0 radical (unpaired) electrons. The van der Waals surface area contributed by atoms with Crippen LogP contribution < -0.4 is 0 Å².